The van der Waals surface area contributed by atoms with Crippen molar-refractivity contribution in [3.05, 3.63) is 52.3 Å². The average Bonchev–Trinajstić information content (AvgIpc) is 3.28. The number of nitrogens with one attached hydrogen (secondary N) is 1. The molecule has 0 amide bonds. The minimum absolute atomic E-state index is 0.131. The maximum atomic E-state index is 11.3. The Labute approximate surface area is 154 Å². The van der Waals surface area contributed by atoms with Crippen LogP contribution in [0.1, 0.15) is 26.6 Å². The van der Waals surface area contributed by atoms with Gasteiger partial charge < -0.3 is 9.84 Å². The van der Waals surface area contributed by atoms with Gasteiger partial charge >= 0.3 is 5.97 Å². The Morgan fingerprint density at radius 2 is 2.35 bits per heavy atom. The van der Waals surface area contributed by atoms with Crippen molar-refractivity contribution in [3.8, 4) is 16.3 Å². The fourth-order valence-corrected chi connectivity index (χ4v) is 4.10. The van der Waals surface area contributed by atoms with Gasteiger partial charge in [0.05, 0.1) is 7.11 Å². The Hall–Kier alpha value is -2.71. The molecule has 3 aromatic rings. The van der Waals surface area contributed by atoms with Gasteiger partial charge in [-0.3, -0.25) is 10.00 Å². The third kappa shape index (κ3) is 3.21. The number of aromatic nitrogens is 3. The number of H-pyrrole nitrogens is 1. The van der Waals surface area contributed by atoms with Crippen molar-refractivity contribution in [2.45, 2.75) is 19.5 Å². The summed E-state index contributed by atoms with van der Waals surface area (Å²) in [6.45, 7) is 2.19. The molecule has 0 radical (unpaired) electrons. The molecule has 7 nitrogen and oxygen atoms in total. The smallest absolute Gasteiger partial charge is 0.356 e. The van der Waals surface area contributed by atoms with E-state index >= 15 is 0 Å². The van der Waals surface area contributed by atoms with E-state index in [1.54, 1.807) is 18.4 Å². The number of benzene rings is 1. The molecule has 4 rings (SSSR count). The molecular weight excluding hydrogens is 352 g/mol. The second-order valence-electron chi connectivity index (χ2n) is 6.16. The van der Waals surface area contributed by atoms with Crippen LogP contribution in [0.5, 0.6) is 5.75 Å². The van der Waals surface area contributed by atoms with E-state index < -0.39 is 5.97 Å². The van der Waals surface area contributed by atoms with Crippen LogP contribution in [0.4, 0.5) is 0 Å². The lowest BCUT2D eigenvalue weighted by molar-refractivity contribution is 0.0687. The Morgan fingerprint density at radius 3 is 3.15 bits per heavy atom. The summed E-state index contributed by atoms with van der Waals surface area (Å²) in [7, 11) is 1.65. The summed E-state index contributed by atoms with van der Waals surface area (Å²) in [5.41, 5.74) is 2.89. The number of fused-ring (bicyclic) bond motifs is 1. The highest BCUT2D eigenvalue weighted by Crippen LogP contribution is 2.29. The molecule has 3 heterocycles. The lowest BCUT2D eigenvalue weighted by Gasteiger charge is -2.25. The second-order valence-corrected chi connectivity index (χ2v) is 7.27. The zero-order valence-corrected chi connectivity index (χ0v) is 15.0. The van der Waals surface area contributed by atoms with E-state index in [9.17, 15) is 9.90 Å². The lowest BCUT2D eigenvalue weighted by atomic mass is 10.1. The van der Waals surface area contributed by atoms with Crippen LogP contribution in [0.25, 0.3) is 10.6 Å². The third-order valence-electron chi connectivity index (χ3n) is 4.46. The van der Waals surface area contributed by atoms with E-state index in [0.717, 1.165) is 52.0 Å². The van der Waals surface area contributed by atoms with Gasteiger partial charge in [-0.2, -0.15) is 5.10 Å². The molecule has 0 fully saturated rings. The number of hydrogen-bond acceptors (Lipinski definition) is 6. The summed E-state index contributed by atoms with van der Waals surface area (Å²) in [5.74, 6) is -0.175. The van der Waals surface area contributed by atoms with Crippen LogP contribution in [0, 0.1) is 0 Å². The van der Waals surface area contributed by atoms with Gasteiger partial charge in [0.2, 0.25) is 0 Å². The second kappa shape index (κ2) is 6.89. The highest BCUT2D eigenvalue weighted by molar-refractivity contribution is 7.15. The first-order valence-electron chi connectivity index (χ1n) is 8.25. The maximum Gasteiger partial charge on any atom is 0.356 e. The lowest BCUT2D eigenvalue weighted by Crippen LogP contribution is -2.30. The Balaban J connectivity index is 1.49. The molecule has 0 saturated heterocycles. The molecule has 0 saturated carbocycles. The van der Waals surface area contributed by atoms with E-state index in [0.29, 0.717) is 6.54 Å². The van der Waals surface area contributed by atoms with Crippen LogP contribution < -0.4 is 4.74 Å². The van der Waals surface area contributed by atoms with Gasteiger partial charge in [0, 0.05) is 53.9 Å². The van der Waals surface area contributed by atoms with E-state index in [-0.39, 0.29) is 5.69 Å². The Bertz CT molecular complexity index is 950. The first-order chi connectivity index (χ1) is 12.6. The molecule has 0 bridgehead atoms. The number of rotatable bonds is 5. The SMILES string of the molecule is COc1cccc(-c2ncc(CN3CCc4[nH]nc(C(=O)O)c4C3)s2)c1. The number of hydrogen-bond donors (Lipinski definition) is 2. The van der Waals surface area contributed by atoms with Crippen LogP contribution >= 0.6 is 11.3 Å². The number of aromatic carboxylic acids is 1. The molecule has 1 aliphatic rings. The highest BCUT2D eigenvalue weighted by atomic mass is 32.1. The molecule has 1 aliphatic heterocycles. The van der Waals surface area contributed by atoms with Gasteiger partial charge in [0.15, 0.2) is 5.69 Å². The van der Waals surface area contributed by atoms with E-state index in [2.05, 4.69) is 20.1 Å². The summed E-state index contributed by atoms with van der Waals surface area (Å²) in [4.78, 5) is 19.2. The predicted molar refractivity (Wildman–Crippen MR) is 97.5 cm³/mol. The summed E-state index contributed by atoms with van der Waals surface area (Å²) < 4.78 is 5.27. The zero-order chi connectivity index (χ0) is 18.1. The average molecular weight is 370 g/mol. The predicted octanol–water partition coefficient (Wildman–Crippen LogP) is 2.80. The van der Waals surface area contributed by atoms with Gasteiger partial charge in [-0.05, 0) is 12.1 Å². The van der Waals surface area contributed by atoms with Crippen LogP contribution in [-0.2, 0) is 19.5 Å². The Morgan fingerprint density at radius 1 is 1.46 bits per heavy atom. The molecule has 0 spiro atoms. The van der Waals surface area contributed by atoms with Crippen LogP contribution in [0.15, 0.2) is 30.5 Å². The maximum absolute atomic E-state index is 11.3. The Kier molecular flexibility index (Phi) is 4.44. The number of nitrogens with zero attached hydrogens (tertiary/aromatic N) is 3. The number of ether oxygens (including phenoxy) is 1. The number of carbonyl (C=O) groups is 1. The number of thiazole rings is 1. The fourth-order valence-electron chi connectivity index (χ4n) is 3.15. The number of aromatic amines is 1. The molecular formula is C18H18N4O3S. The van der Waals surface area contributed by atoms with Crippen molar-refractivity contribution in [3.63, 3.8) is 0 Å². The van der Waals surface area contributed by atoms with Crippen molar-refractivity contribution in [2.24, 2.45) is 0 Å². The summed E-state index contributed by atoms with van der Waals surface area (Å²) >= 11 is 1.64. The molecule has 26 heavy (non-hydrogen) atoms. The first-order valence-corrected chi connectivity index (χ1v) is 9.06. The van der Waals surface area contributed by atoms with Gasteiger partial charge in [-0.25, -0.2) is 9.78 Å². The molecule has 2 N–H and O–H groups in total. The molecule has 8 heteroatoms. The van der Waals surface area contributed by atoms with Gasteiger partial charge in [-0.15, -0.1) is 11.3 Å². The minimum Gasteiger partial charge on any atom is -0.497 e. The van der Waals surface area contributed by atoms with Gasteiger partial charge in [-0.1, -0.05) is 12.1 Å². The van der Waals surface area contributed by atoms with Gasteiger partial charge in [0.25, 0.3) is 0 Å². The topological polar surface area (TPSA) is 91.3 Å². The molecule has 0 unspecified atom stereocenters. The monoisotopic (exact) mass is 370 g/mol. The van der Waals surface area contributed by atoms with Crippen molar-refractivity contribution in [1.29, 1.82) is 0 Å². The molecule has 2 aromatic heterocycles. The van der Waals surface area contributed by atoms with Crippen LogP contribution in [0.2, 0.25) is 0 Å². The fraction of sp³-hybridized carbons (Fsp3) is 0.278. The van der Waals surface area contributed by atoms with Crippen LogP contribution in [-0.4, -0.2) is 44.8 Å². The van der Waals surface area contributed by atoms with Crippen molar-refractivity contribution in [1.82, 2.24) is 20.1 Å². The molecule has 1 aromatic carbocycles. The number of methoxy groups -OCH3 is 1. The number of carboxylic acid groups (broad SMARTS) is 1. The van der Waals surface area contributed by atoms with E-state index in [4.69, 9.17) is 4.74 Å². The summed E-state index contributed by atoms with van der Waals surface area (Å²) in [6.07, 6.45) is 2.67. The number of carboxylic acids is 1. The molecule has 134 valence electrons. The molecule has 0 aliphatic carbocycles. The summed E-state index contributed by atoms with van der Waals surface area (Å²) in [5, 5.41) is 17.0. The standard InChI is InChI=1S/C18H18N4O3S/c1-25-12-4-2-3-11(7-12)17-19-8-13(26-17)9-22-6-5-15-14(10-22)16(18(23)24)21-20-15/h2-4,7-8H,5-6,9-10H2,1H3,(H,20,21)(H,23,24). The quantitative estimate of drug-likeness (QED) is 0.718. The highest BCUT2D eigenvalue weighted by Gasteiger charge is 2.25. The molecule has 0 atom stereocenters. The summed E-state index contributed by atoms with van der Waals surface area (Å²) in [6, 6.07) is 7.85. The van der Waals surface area contributed by atoms with Gasteiger partial charge in [0.1, 0.15) is 10.8 Å². The van der Waals surface area contributed by atoms with E-state index in [1.807, 2.05) is 30.5 Å². The normalized spacial score (nSPS) is 14.2. The van der Waals surface area contributed by atoms with E-state index in [1.165, 1.54) is 0 Å². The van der Waals surface area contributed by atoms with Crippen LogP contribution in [0.3, 0.4) is 0 Å². The van der Waals surface area contributed by atoms with Crippen molar-refractivity contribution < 1.29 is 14.6 Å². The zero-order valence-electron chi connectivity index (χ0n) is 14.2. The third-order valence-corrected chi connectivity index (χ3v) is 5.50. The largest absolute Gasteiger partial charge is 0.497 e. The minimum atomic E-state index is -0.984. The first kappa shape index (κ1) is 16.7. The van der Waals surface area contributed by atoms with Crippen molar-refractivity contribution >= 4 is 17.3 Å². The van der Waals surface area contributed by atoms with Crippen molar-refractivity contribution in [2.75, 3.05) is 13.7 Å².